The van der Waals surface area contributed by atoms with Crippen LogP contribution >= 0.6 is 0 Å². The van der Waals surface area contributed by atoms with Gasteiger partial charge >= 0.3 is 5.97 Å². The van der Waals surface area contributed by atoms with Gasteiger partial charge < -0.3 is 9.47 Å². The summed E-state index contributed by atoms with van der Waals surface area (Å²) in [7, 11) is 1.40. The van der Waals surface area contributed by atoms with Crippen LogP contribution in [0.5, 0.6) is 0 Å². The summed E-state index contributed by atoms with van der Waals surface area (Å²) in [6, 6.07) is 0. The lowest BCUT2D eigenvalue weighted by Crippen LogP contribution is -2.18. The van der Waals surface area contributed by atoms with Crippen molar-refractivity contribution in [2.45, 2.75) is 19.3 Å². The van der Waals surface area contributed by atoms with E-state index in [9.17, 15) is 4.79 Å². The van der Waals surface area contributed by atoms with Crippen LogP contribution in [0.4, 0.5) is 0 Å². The Kier molecular flexibility index (Phi) is 3.96. The number of hydrogen-bond acceptors (Lipinski definition) is 3. The molecule has 1 saturated heterocycles. The third-order valence-electron chi connectivity index (χ3n) is 2.40. The van der Waals surface area contributed by atoms with Gasteiger partial charge in [-0.3, -0.25) is 4.79 Å². The Bertz CT molecular complexity index is 192. The van der Waals surface area contributed by atoms with Crippen molar-refractivity contribution in [3.05, 3.63) is 12.2 Å². The molecule has 1 fully saturated rings. The van der Waals surface area contributed by atoms with Crippen LogP contribution in [0.1, 0.15) is 19.3 Å². The van der Waals surface area contributed by atoms with Crippen LogP contribution in [0.15, 0.2) is 12.2 Å². The monoisotopic (exact) mass is 184 g/mol. The van der Waals surface area contributed by atoms with Crippen LogP contribution in [0.25, 0.3) is 0 Å². The lowest BCUT2D eigenvalue weighted by molar-refractivity contribution is -0.139. The molecule has 0 bridgehead atoms. The summed E-state index contributed by atoms with van der Waals surface area (Å²) in [6.07, 6.45) is 2.31. The summed E-state index contributed by atoms with van der Waals surface area (Å²) in [4.78, 5) is 11.0. The predicted octanol–water partition coefficient (Wildman–Crippen LogP) is 1.53. The molecular formula is C10H16O3. The van der Waals surface area contributed by atoms with Crippen LogP contribution < -0.4 is 0 Å². The molecule has 1 heterocycles. The van der Waals surface area contributed by atoms with E-state index in [4.69, 9.17) is 4.74 Å². The van der Waals surface area contributed by atoms with Gasteiger partial charge in [0.25, 0.3) is 0 Å². The molecule has 0 radical (unpaired) electrons. The van der Waals surface area contributed by atoms with Gasteiger partial charge in [0.2, 0.25) is 0 Å². The second-order valence-electron chi connectivity index (χ2n) is 3.30. The summed E-state index contributed by atoms with van der Waals surface area (Å²) < 4.78 is 9.80. The van der Waals surface area contributed by atoms with E-state index in [1.165, 1.54) is 7.11 Å². The highest BCUT2D eigenvalue weighted by Crippen LogP contribution is 2.24. The van der Waals surface area contributed by atoms with E-state index in [1.807, 2.05) is 0 Å². The van der Waals surface area contributed by atoms with E-state index in [2.05, 4.69) is 11.3 Å². The van der Waals surface area contributed by atoms with E-state index in [0.717, 1.165) is 31.6 Å². The first-order valence-electron chi connectivity index (χ1n) is 4.56. The molecule has 0 aromatic rings. The summed E-state index contributed by atoms with van der Waals surface area (Å²) in [6.45, 7) is 5.48. The molecule has 0 spiro atoms. The first-order chi connectivity index (χ1) is 6.24. The van der Waals surface area contributed by atoms with Gasteiger partial charge in [0, 0.05) is 13.2 Å². The zero-order valence-corrected chi connectivity index (χ0v) is 8.04. The molecule has 0 aliphatic carbocycles. The molecule has 0 atom stereocenters. The van der Waals surface area contributed by atoms with Crippen molar-refractivity contribution in [1.29, 1.82) is 0 Å². The van der Waals surface area contributed by atoms with Gasteiger partial charge in [-0.2, -0.15) is 0 Å². The first kappa shape index (κ1) is 10.3. The van der Waals surface area contributed by atoms with Crippen molar-refractivity contribution in [2.24, 2.45) is 5.92 Å². The van der Waals surface area contributed by atoms with Crippen LogP contribution in [0.3, 0.4) is 0 Å². The van der Waals surface area contributed by atoms with Gasteiger partial charge in [-0.25, -0.2) is 0 Å². The molecule has 1 aliphatic rings. The molecule has 74 valence electrons. The van der Waals surface area contributed by atoms with Gasteiger partial charge in [-0.1, -0.05) is 12.2 Å². The minimum Gasteiger partial charge on any atom is -0.469 e. The number of ether oxygens (including phenoxy) is 2. The number of hydrogen-bond donors (Lipinski definition) is 0. The molecule has 0 aromatic carbocycles. The Balaban J connectivity index is 2.33. The van der Waals surface area contributed by atoms with Crippen LogP contribution in [-0.4, -0.2) is 26.3 Å². The number of esters is 1. The third-order valence-corrected chi connectivity index (χ3v) is 2.40. The van der Waals surface area contributed by atoms with Crippen molar-refractivity contribution in [3.63, 3.8) is 0 Å². The smallest absolute Gasteiger partial charge is 0.309 e. The van der Waals surface area contributed by atoms with E-state index in [-0.39, 0.29) is 5.97 Å². The number of carbonyl (C=O) groups excluding carboxylic acids is 1. The minimum absolute atomic E-state index is 0.198. The minimum atomic E-state index is -0.198. The molecule has 0 aromatic heterocycles. The Morgan fingerprint density at radius 3 is 2.69 bits per heavy atom. The van der Waals surface area contributed by atoms with Crippen LogP contribution in [-0.2, 0) is 14.3 Å². The molecule has 3 heteroatoms. The van der Waals surface area contributed by atoms with Crippen molar-refractivity contribution < 1.29 is 14.3 Å². The SMILES string of the molecule is C=C(CC(=O)OC)C1CCOCC1. The fourth-order valence-electron chi connectivity index (χ4n) is 1.51. The van der Waals surface area contributed by atoms with Gasteiger partial charge in [0.15, 0.2) is 0 Å². The molecule has 0 N–H and O–H groups in total. The zero-order chi connectivity index (χ0) is 9.68. The number of rotatable bonds is 3. The highest BCUT2D eigenvalue weighted by molar-refractivity contribution is 5.72. The second-order valence-corrected chi connectivity index (χ2v) is 3.30. The topological polar surface area (TPSA) is 35.5 Å². The molecule has 1 aliphatic heterocycles. The zero-order valence-electron chi connectivity index (χ0n) is 8.04. The summed E-state index contributed by atoms with van der Waals surface area (Å²) in [5, 5.41) is 0. The predicted molar refractivity (Wildman–Crippen MR) is 49.3 cm³/mol. The van der Waals surface area contributed by atoms with Crippen molar-refractivity contribution in [3.8, 4) is 0 Å². The number of methoxy groups -OCH3 is 1. The van der Waals surface area contributed by atoms with Crippen molar-refractivity contribution in [2.75, 3.05) is 20.3 Å². The highest BCUT2D eigenvalue weighted by atomic mass is 16.5. The van der Waals surface area contributed by atoms with E-state index < -0.39 is 0 Å². The molecule has 0 unspecified atom stereocenters. The van der Waals surface area contributed by atoms with Crippen molar-refractivity contribution in [1.82, 2.24) is 0 Å². The average molecular weight is 184 g/mol. The second kappa shape index (κ2) is 5.02. The average Bonchev–Trinajstić information content (AvgIpc) is 2.19. The molecule has 3 nitrogen and oxygen atoms in total. The molecule has 0 amide bonds. The van der Waals surface area contributed by atoms with Crippen molar-refractivity contribution >= 4 is 5.97 Å². The lowest BCUT2D eigenvalue weighted by Gasteiger charge is -2.23. The Hall–Kier alpha value is -0.830. The van der Waals surface area contributed by atoms with E-state index in [0.29, 0.717) is 12.3 Å². The first-order valence-corrected chi connectivity index (χ1v) is 4.56. The van der Waals surface area contributed by atoms with Gasteiger partial charge in [0.05, 0.1) is 13.5 Å². The maximum absolute atomic E-state index is 11.0. The van der Waals surface area contributed by atoms with E-state index >= 15 is 0 Å². The lowest BCUT2D eigenvalue weighted by atomic mass is 9.91. The van der Waals surface area contributed by atoms with Crippen LogP contribution in [0, 0.1) is 5.92 Å². The molecular weight excluding hydrogens is 168 g/mol. The maximum Gasteiger partial charge on any atom is 0.309 e. The summed E-state index contributed by atoms with van der Waals surface area (Å²) >= 11 is 0. The molecule has 1 rings (SSSR count). The Morgan fingerprint density at radius 2 is 2.15 bits per heavy atom. The Morgan fingerprint density at radius 1 is 1.54 bits per heavy atom. The fourth-order valence-corrected chi connectivity index (χ4v) is 1.51. The quantitative estimate of drug-likeness (QED) is 0.493. The highest BCUT2D eigenvalue weighted by Gasteiger charge is 2.18. The standard InChI is InChI=1S/C10H16O3/c1-8(7-10(11)12-2)9-3-5-13-6-4-9/h9H,1,3-7H2,2H3. The fraction of sp³-hybridized carbons (Fsp3) is 0.700. The van der Waals surface area contributed by atoms with Crippen LogP contribution in [0.2, 0.25) is 0 Å². The third kappa shape index (κ3) is 3.19. The Labute approximate surface area is 78.7 Å². The summed E-state index contributed by atoms with van der Waals surface area (Å²) in [5.74, 6) is 0.240. The maximum atomic E-state index is 11.0. The largest absolute Gasteiger partial charge is 0.469 e. The summed E-state index contributed by atoms with van der Waals surface area (Å²) in [5.41, 5.74) is 0.982. The number of carbonyl (C=O) groups is 1. The van der Waals surface area contributed by atoms with Gasteiger partial charge in [0.1, 0.15) is 0 Å². The van der Waals surface area contributed by atoms with Gasteiger partial charge in [-0.05, 0) is 18.8 Å². The molecule has 13 heavy (non-hydrogen) atoms. The van der Waals surface area contributed by atoms with E-state index in [1.54, 1.807) is 0 Å². The molecule has 0 saturated carbocycles. The van der Waals surface area contributed by atoms with Gasteiger partial charge in [-0.15, -0.1) is 0 Å². The normalized spacial score (nSPS) is 18.2.